The summed E-state index contributed by atoms with van der Waals surface area (Å²) in [6.45, 7) is 13.4. The van der Waals surface area contributed by atoms with Crippen LogP contribution in [0.25, 0.3) is 0 Å². The lowest BCUT2D eigenvalue weighted by molar-refractivity contribution is 0.183. The summed E-state index contributed by atoms with van der Waals surface area (Å²) in [5, 5.41) is 3.42. The molecule has 1 aliphatic heterocycles. The Labute approximate surface area is 123 Å². The van der Waals surface area contributed by atoms with Gasteiger partial charge in [0.1, 0.15) is 5.75 Å². The zero-order chi connectivity index (χ0) is 14.7. The van der Waals surface area contributed by atoms with Crippen molar-refractivity contribution in [2.24, 2.45) is 0 Å². The summed E-state index contributed by atoms with van der Waals surface area (Å²) in [4.78, 5) is 2.59. The molecule has 3 nitrogen and oxygen atoms in total. The maximum Gasteiger partial charge on any atom is 0.124 e. The van der Waals surface area contributed by atoms with Crippen LogP contribution in [0.3, 0.4) is 0 Å². The van der Waals surface area contributed by atoms with Crippen molar-refractivity contribution >= 4 is 0 Å². The molecule has 1 aromatic carbocycles. The van der Waals surface area contributed by atoms with Gasteiger partial charge in [0.25, 0.3) is 0 Å². The highest BCUT2D eigenvalue weighted by Crippen LogP contribution is 2.29. The van der Waals surface area contributed by atoms with Gasteiger partial charge in [0, 0.05) is 32.2 Å². The molecular weight excluding hydrogens is 248 g/mol. The molecule has 0 radical (unpaired) electrons. The van der Waals surface area contributed by atoms with E-state index in [-0.39, 0.29) is 0 Å². The van der Waals surface area contributed by atoms with Gasteiger partial charge >= 0.3 is 0 Å². The standard InChI is InChI=1S/C17H28N2O/c1-12-10-16(14(3)15(4)17(12)20-5)11-13(2)19-8-6-18-7-9-19/h10,13,18H,6-9,11H2,1-5H3. The Bertz CT molecular complexity index is 465. The second-order valence-electron chi connectivity index (χ2n) is 5.97. The summed E-state index contributed by atoms with van der Waals surface area (Å²) < 4.78 is 5.51. The van der Waals surface area contributed by atoms with Crippen LogP contribution in [-0.2, 0) is 6.42 Å². The molecule has 1 aliphatic rings. The predicted octanol–water partition coefficient (Wildman–Crippen LogP) is 2.46. The molecule has 0 amide bonds. The van der Waals surface area contributed by atoms with Crippen molar-refractivity contribution in [3.05, 3.63) is 28.3 Å². The number of rotatable bonds is 4. The fraction of sp³-hybridized carbons (Fsp3) is 0.647. The smallest absolute Gasteiger partial charge is 0.124 e. The molecule has 1 atom stereocenters. The van der Waals surface area contributed by atoms with E-state index in [4.69, 9.17) is 4.74 Å². The SMILES string of the molecule is COc1c(C)cc(CC(C)N2CCNCC2)c(C)c1C. The Morgan fingerprint density at radius 2 is 1.85 bits per heavy atom. The fourth-order valence-electron chi connectivity index (χ4n) is 3.24. The number of nitrogens with zero attached hydrogens (tertiary/aromatic N) is 1. The van der Waals surface area contributed by atoms with E-state index < -0.39 is 0 Å². The average molecular weight is 276 g/mol. The van der Waals surface area contributed by atoms with Crippen LogP contribution in [-0.4, -0.2) is 44.2 Å². The van der Waals surface area contributed by atoms with Crippen molar-refractivity contribution in [2.45, 2.75) is 40.2 Å². The summed E-state index contributed by atoms with van der Waals surface area (Å²) in [5.74, 6) is 1.04. The highest BCUT2D eigenvalue weighted by Gasteiger charge is 2.19. The number of nitrogens with one attached hydrogen (secondary N) is 1. The summed E-state index contributed by atoms with van der Waals surface area (Å²) in [7, 11) is 1.76. The van der Waals surface area contributed by atoms with Gasteiger partial charge in [-0.2, -0.15) is 0 Å². The normalized spacial score (nSPS) is 18.1. The van der Waals surface area contributed by atoms with Crippen LogP contribution >= 0.6 is 0 Å². The van der Waals surface area contributed by atoms with Crippen LogP contribution in [0.15, 0.2) is 6.07 Å². The number of ether oxygens (including phenoxy) is 1. The van der Waals surface area contributed by atoms with Crippen LogP contribution < -0.4 is 10.1 Å². The van der Waals surface area contributed by atoms with Crippen molar-refractivity contribution in [3.8, 4) is 5.75 Å². The Hall–Kier alpha value is -1.06. The third-order valence-corrected chi connectivity index (χ3v) is 4.63. The van der Waals surface area contributed by atoms with Gasteiger partial charge in [-0.05, 0) is 56.4 Å². The third kappa shape index (κ3) is 3.15. The van der Waals surface area contributed by atoms with Crippen molar-refractivity contribution in [1.29, 1.82) is 0 Å². The molecule has 1 N–H and O–H groups in total. The molecule has 0 spiro atoms. The monoisotopic (exact) mass is 276 g/mol. The molecule has 1 fully saturated rings. The van der Waals surface area contributed by atoms with Gasteiger partial charge in [-0.3, -0.25) is 4.90 Å². The Morgan fingerprint density at radius 1 is 1.20 bits per heavy atom. The maximum atomic E-state index is 5.51. The van der Waals surface area contributed by atoms with Gasteiger partial charge < -0.3 is 10.1 Å². The Balaban J connectivity index is 2.16. The highest BCUT2D eigenvalue weighted by molar-refractivity contribution is 5.49. The van der Waals surface area contributed by atoms with Gasteiger partial charge in [-0.1, -0.05) is 6.07 Å². The predicted molar refractivity (Wildman–Crippen MR) is 84.8 cm³/mol. The van der Waals surface area contributed by atoms with Gasteiger partial charge in [0.05, 0.1) is 7.11 Å². The minimum Gasteiger partial charge on any atom is -0.496 e. The molecule has 0 bridgehead atoms. The van der Waals surface area contributed by atoms with Crippen LogP contribution in [0.4, 0.5) is 0 Å². The molecule has 1 aromatic rings. The maximum absolute atomic E-state index is 5.51. The van der Waals surface area contributed by atoms with Gasteiger partial charge in [-0.15, -0.1) is 0 Å². The van der Waals surface area contributed by atoms with Gasteiger partial charge in [0.2, 0.25) is 0 Å². The molecular formula is C17H28N2O. The largest absolute Gasteiger partial charge is 0.496 e. The summed E-state index contributed by atoms with van der Waals surface area (Å²) in [6, 6.07) is 2.91. The number of benzene rings is 1. The molecule has 0 saturated carbocycles. The van der Waals surface area contributed by atoms with Gasteiger partial charge in [-0.25, -0.2) is 0 Å². The van der Waals surface area contributed by atoms with Crippen LogP contribution in [0, 0.1) is 20.8 Å². The van der Waals surface area contributed by atoms with E-state index in [1.54, 1.807) is 7.11 Å². The molecule has 112 valence electrons. The molecule has 3 heteroatoms. The minimum absolute atomic E-state index is 0.600. The van der Waals surface area contributed by atoms with Crippen molar-refractivity contribution in [2.75, 3.05) is 33.3 Å². The third-order valence-electron chi connectivity index (χ3n) is 4.63. The van der Waals surface area contributed by atoms with Crippen LogP contribution in [0.1, 0.15) is 29.2 Å². The van der Waals surface area contributed by atoms with E-state index in [1.165, 1.54) is 22.3 Å². The van der Waals surface area contributed by atoms with E-state index in [0.717, 1.165) is 38.3 Å². The first-order valence-corrected chi connectivity index (χ1v) is 7.63. The molecule has 1 heterocycles. The first-order chi connectivity index (χ1) is 9.54. The van der Waals surface area contributed by atoms with E-state index in [0.29, 0.717) is 6.04 Å². The lowest BCUT2D eigenvalue weighted by atomic mass is 9.94. The van der Waals surface area contributed by atoms with Crippen LogP contribution in [0.5, 0.6) is 5.75 Å². The van der Waals surface area contributed by atoms with Crippen LogP contribution in [0.2, 0.25) is 0 Å². The zero-order valence-corrected chi connectivity index (χ0v) is 13.5. The summed E-state index contributed by atoms with van der Waals surface area (Å²) >= 11 is 0. The first kappa shape index (κ1) is 15.3. The topological polar surface area (TPSA) is 24.5 Å². The number of aryl methyl sites for hydroxylation is 1. The molecule has 20 heavy (non-hydrogen) atoms. The Kier molecular flexibility index (Phi) is 5.06. The van der Waals surface area contributed by atoms with E-state index in [2.05, 4.69) is 44.0 Å². The van der Waals surface area contributed by atoms with E-state index >= 15 is 0 Å². The quantitative estimate of drug-likeness (QED) is 0.914. The fourth-order valence-corrected chi connectivity index (χ4v) is 3.24. The highest BCUT2D eigenvalue weighted by atomic mass is 16.5. The molecule has 0 aromatic heterocycles. The molecule has 2 rings (SSSR count). The number of hydrogen-bond acceptors (Lipinski definition) is 3. The van der Waals surface area contributed by atoms with Gasteiger partial charge in [0.15, 0.2) is 0 Å². The number of piperazine rings is 1. The van der Waals surface area contributed by atoms with Crippen molar-refractivity contribution in [3.63, 3.8) is 0 Å². The number of methoxy groups -OCH3 is 1. The lowest BCUT2D eigenvalue weighted by Crippen LogP contribution is -2.48. The van der Waals surface area contributed by atoms with Crippen molar-refractivity contribution in [1.82, 2.24) is 10.2 Å². The molecule has 1 unspecified atom stereocenters. The summed E-state index contributed by atoms with van der Waals surface area (Å²) in [5.41, 5.74) is 5.38. The van der Waals surface area contributed by atoms with Crippen molar-refractivity contribution < 1.29 is 4.74 Å². The van der Waals surface area contributed by atoms with E-state index in [1.807, 2.05) is 0 Å². The summed E-state index contributed by atoms with van der Waals surface area (Å²) in [6.07, 6.45) is 1.12. The first-order valence-electron chi connectivity index (χ1n) is 7.63. The molecule has 0 aliphatic carbocycles. The molecule has 1 saturated heterocycles. The lowest BCUT2D eigenvalue weighted by Gasteiger charge is -2.33. The minimum atomic E-state index is 0.600. The Morgan fingerprint density at radius 3 is 2.45 bits per heavy atom. The second kappa shape index (κ2) is 6.59. The van der Waals surface area contributed by atoms with E-state index in [9.17, 15) is 0 Å². The second-order valence-corrected chi connectivity index (χ2v) is 5.97. The average Bonchev–Trinajstić information content (AvgIpc) is 2.46. The zero-order valence-electron chi connectivity index (χ0n) is 13.5. The number of hydrogen-bond donors (Lipinski definition) is 1.